The third-order valence-electron chi connectivity index (χ3n) is 2.14. The Morgan fingerprint density at radius 3 is 2.65 bits per heavy atom. The number of carbonyl (C=O) groups is 1. The van der Waals surface area contributed by atoms with Crippen molar-refractivity contribution in [2.24, 2.45) is 0 Å². The molecule has 0 aliphatic heterocycles. The smallest absolute Gasteiger partial charge is 0.319 e. The van der Waals surface area contributed by atoms with Gasteiger partial charge in [0.05, 0.1) is 12.5 Å². The van der Waals surface area contributed by atoms with Crippen LogP contribution in [0.4, 0.5) is 10.5 Å². The van der Waals surface area contributed by atoms with E-state index in [1.54, 1.807) is 42.9 Å². The van der Waals surface area contributed by atoms with Crippen molar-refractivity contribution >= 4 is 23.3 Å². The average molecular weight is 251 g/mol. The molecule has 0 fully saturated rings. The largest absolute Gasteiger partial charge is 0.472 e. The van der Waals surface area contributed by atoms with Crippen LogP contribution in [0.2, 0.25) is 5.02 Å². The molecule has 0 spiro atoms. The van der Waals surface area contributed by atoms with E-state index in [1.165, 1.54) is 0 Å². The fourth-order valence-corrected chi connectivity index (χ4v) is 1.41. The minimum absolute atomic E-state index is 0.270. The Morgan fingerprint density at radius 1 is 1.24 bits per heavy atom. The van der Waals surface area contributed by atoms with Crippen molar-refractivity contribution in [2.45, 2.75) is 6.54 Å². The first-order valence-electron chi connectivity index (χ1n) is 5.05. The normalized spacial score (nSPS) is 9.94. The van der Waals surface area contributed by atoms with Crippen LogP contribution in [0.5, 0.6) is 0 Å². The van der Waals surface area contributed by atoms with Gasteiger partial charge in [-0.25, -0.2) is 4.79 Å². The summed E-state index contributed by atoms with van der Waals surface area (Å²) in [6.07, 6.45) is 3.15. The quantitative estimate of drug-likeness (QED) is 0.879. The molecule has 1 aromatic heterocycles. The predicted molar refractivity (Wildman–Crippen MR) is 66.0 cm³/mol. The Morgan fingerprint density at radius 2 is 2.00 bits per heavy atom. The Kier molecular flexibility index (Phi) is 3.67. The summed E-state index contributed by atoms with van der Waals surface area (Å²) in [7, 11) is 0. The molecular formula is C12H11ClN2O2. The van der Waals surface area contributed by atoms with Crippen molar-refractivity contribution in [2.75, 3.05) is 5.32 Å². The maximum atomic E-state index is 11.5. The molecule has 0 saturated carbocycles. The Labute approximate surface area is 104 Å². The second-order valence-electron chi connectivity index (χ2n) is 3.45. The molecule has 2 amide bonds. The standard InChI is InChI=1S/C12H11ClN2O2/c13-10-1-3-11(4-2-10)15-12(16)14-7-9-5-6-17-8-9/h1-6,8H,7H2,(H2,14,15,16). The summed E-state index contributed by atoms with van der Waals surface area (Å²) < 4.78 is 4.89. The van der Waals surface area contributed by atoms with Crippen molar-refractivity contribution in [1.29, 1.82) is 0 Å². The molecule has 0 bridgehead atoms. The van der Waals surface area contributed by atoms with Crippen molar-refractivity contribution < 1.29 is 9.21 Å². The molecule has 2 rings (SSSR count). The highest BCUT2D eigenvalue weighted by Gasteiger charge is 2.01. The van der Waals surface area contributed by atoms with Crippen LogP contribution in [0, 0.1) is 0 Å². The van der Waals surface area contributed by atoms with Crippen molar-refractivity contribution in [3.63, 3.8) is 0 Å². The maximum Gasteiger partial charge on any atom is 0.319 e. The van der Waals surface area contributed by atoms with Crippen LogP contribution < -0.4 is 10.6 Å². The second-order valence-corrected chi connectivity index (χ2v) is 3.88. The average Bonchev–Trinajstić information content (AvgIpc) is 2.83. The molecule has 17 heavy (non-hydrogen) atoms. The number of hydrogen-bond acceptors (Lipinski definition) is 2. The second kappa shape index (κ2) is 5.41. The number of nitrogens with one attached hydrogen (secondary N) is 2. The molecule has 2 aromatic rings. The van der Waals surface area contributed by atoms with E-state index in [-0.39, 0.29) is 6.03 Å². The molecule has 1 aromatic carbocycles. The van der Waals surface area contributed by atoms with E-state index in [4.69, 9.17) is 16.0 Å². The van der Waals surface area contributed by atoms with Crippen LogP contribution in [0.1, 0.15) is 5.56 Å². The number of halogens is 1. The van der Waals surface area contributed by atoms with Gasteiger partial charge in [0.25, 0.3) is 0 Å². The Balaban J connectivity index is 1.83. The number of furan rings is 1. The molecule has 5 heteroatoms. The lowest BCUT2D eigenvalue weighted by Gasteiger charge is -2.06. The highest BCUT2D eigenvalue weighted by Crippen LogP contribution is 2.13. The molecule has 0 saturated heterocycles. The lowest BCUT2D eigenvalue weighted by atomic mass is 10.3. The van der Waals surface area contributed by atoms with Crippen LogP contribution >= 0.6 is 11.6 Å². The summed E-state index contributed by atoms with van der Waals surface area (Å²) >= 11 is 5.74. The summed E-state index contributed by atoms with van der Waals surface area (Å²) in [6.45, 7) is 0.427. The van der Waals surface area contributed by atoms with Gasteiger partial charge in [0.1, 0.15) is 0 Å². The number of anilines is 1. The van der Waals surface area contributed by atoms with E-state index < -0.39 is 0 Å². The first-order chi connectivity index (χ1) is 8.24. The highest BCUT2D eigenvalue weighted by atomic mass is 35.5. The lowest BCUT2D eigenvalue weighted by molar-refractivity contribution is 0.251. The van der Waals surface area contributed by atoms with Crippen LogP contribution in [-0.2, 0) is 6.54 Å². The Bertz CT molecular complexity index is 480. The molecule has 0 radical (unpaired) electrons. The SMILES string of the molecule is O=C(NCc1ccoc1)Nc1ccc(Cl)cc1. The molecular weight excluding hydrogens is 240 g/mol. The number of hydrogen-bond donors (Lipinski definition) is 2. The maximum absolute atomic E-state index is 11.5. The molecule has 4 nitrogen and oxygen atoms in total. The van der Waals surface area contributed by atoms with E-state index in [0.717, 1.165) is 5.56 Å². The third-order valence-corrected chi connectivity index (χ3v) is 2.39. The molecule has 0 unspecified atom stereocenters. The van der Waals surface area contributed by atoms with Gasteiger partial charge >= 0.3 is 6.03 Å². The molecule has 1 heterocycles. The number of carbonyl (C=O) groups excluding carboxylic acids is 1. The zero-order valence-corrected chi connectivity index (χ0v) is 9.70. The van der Waals surface area contributed by atoms with Gasteiger partial charge in [0.15, 0.2) is 0 Å². The van der Waals surface area contributed by atoms with Gasteiger partial charge in [0.2, 0.25) is 0 Å². The van der Waals surface area contributed by atoms with Crippen LogP contribution in [0.15, 0.2) is 47.3 Å². The molecule has 0 aliphatic rings. The minimum atomic E-state index is -0.270. The van der Waals surface area contributed by atoms with E-state index in [1.807, 2.05) is 0 Å². The first kappa shape index (κ1) is 11.5. The third kappa shape index (κ3) is 3.53. The molecule has 0 aliphatic carbocycles. The van der Waals surface area contributed by atoms with E-state index >= 15 is 0 Å². The topological polar surface area (TPSA) is 54.3 Å². The summed E-state index contributed by atoms with van der Waals surface area (Å²) in [6, 6.07) is 8.43. The fourth-order valence-electron chi connectivity index (χ4n) is 1.28. The zero-order chi connectivity index (χ0) is 12.1. The van der Waals surface area contributed by atoms with E-state index in [9.17, 15) is 4.79 Å². The van der Waals surface area contributed by atoms with Gasteiger partial charge in [-0.15, -0.1) is 0 Å². The van der Waals surface area contributed by atoms with Gasteiger partial charge in [-0.05, 0) is 30.3 Å². The predicted octanol–water partition coefficient (Wildman–Crippen LogP) is 3.25. The van der Waals surface area contributed by atoms with Gasteiger partial charge in [-0.1, -0.05) is 11.6 Å². The number of rotatable bonds is 3. The van der Waals surface area contributed by atoms with Crippen molar-refractivity contribution in [1.82, 2.24) is 5.32 Å². The number of benzene rings is 1. The van der Waals surface area contributed by atoms with Crippen LogP contribution in [-0.4, -0.2) is 6.03 Å². The number of amides is 2. The fraction of sp³-hybridized carbons (Fsp3) is 0.0833. The minimum Gasteiger partial charge on any atom is -0.472 e. The van der Waals surface area contributed by atoms with Gasteiger partial charge in [-0.3, -0.25) is 0 Å². The highest BCUT2D eigenvalue weighted by molar-refractivity contribution is 6.30. The number of urea groups is 1. The van der Waals surface area contributed by atoms with Crippen molar-refractivity contribution in [3.05, 3.63) is 53.4 Å². The van der Waals surface area contributed by atoms with Crippen LogP contribution in [0.25, 0.3) is 0 Å². The first-order valence-corrected chi connectivity index (χ1v) is 5.43. The van der Waals surface area contributed by atoms with Gasteiger partial charge in [0, 0.05) is 22.8 Å². The molecule has 2 N–H and O–H groups in total. The van der Waals surface area contributed by atoms with E-state index in [0.29, 0.717) is 17.3 Å². The molecule has 0 atom stereocenters. The summed E-state index contributed by atoms with van der Waals surface area (Å²) in [5.41, 5.74) is 1.61. The zero-order valence-electron chi connectivity index (χ0n) is 8.94. The monoisotopic (exact) mass is 250 g/mol. The van der Waals surface area contributed by atoms with Gasteiger partial charge in [-0.2, -0.15) is 0 Å². The van der Waals surface area contributed by atoms with Crippen molar-refractivity contribution in [3.8, 4) is 0 Å². The summed E-state index contributed by atoms with van der Waals surface area (Å²) in [5, 5.41) is 6.03. The molecule has 88 valence electrons. The Hall–Kier alpha value is -1.94. The van der Waals surface area contributed by atoms with Crippen LogP contribution in [0.3, 0.4) is 0 Å². The summed E-state index contributed by atoms with van der Waals surface area (Å²) in [5.74, 6) is 0. The van der Waals surface area contributed by atoms with Gasteiger partial charge < -0.3 is 15.1 Å². The lowest BCUT2D eigenvalue weighted by Crippen LogP contribution is -2.27. The summed E-state index contributed by atoms with van der Waals surface area (Å²) in [4.78, 5) is 11.5. The van der Waals surface area contributed by atoms with E-state index in [2.05, 4.69) is 10.6 Å².